The van der Waals surface area contributed by atoms with Crippen LogP contribution >= 0.6 is 0 Å². The summed E-state index contributed by atoms with van der Waals surface area (Å²) in [6, 6.07) is 9.04. The third kappa shape index (κ3) is 6.10. The Bertz CT molecular complexity index is 1130. The van der Waals surface area contributed by atoms with Gasteiger partial charge in [-0.2, -0.15) is 5.26 Å². The molecule has 0 saturated heterocycles. The number of ether oxygens (including phenoxy) is 1. The number of aromatic nitrogens is 1. The molecule has 0 atom stereocenters. The van der Waals surface area contributed by atoms with Crippen LogP contribution in [0.3, 0.4) is 0 Å². The van der Waals surface area contributed by atoms with Gasteiger partial charge in [0.2, 0.25) is 0 Å². The first-order valence-corrected chi connectivity index (χ1v) is 11.6. The Kier molecular flexibility index (Phi) is 8.42. The largest absolute Gasteiger partial charge is 0.424 e. The highest BCUT2D eigenvalue weighted by Crippen LogP contribution is 2.29. The van der Waals surface area contributed by atoms with Gasteiger partial charge in [0.1, 0.15) is 5.56 Å². The first kappa shape index (κ1) is 24.2. The molecular formula is C26H31N3O4. The zero-order valence-corrected chi connectivity index (χ0v) is 19.4. The number of fused-ring (bicyclic) bond motifs is 1. The SMILES string of the molecule is CC(=O)Oc1cccc(C)c1NC(=O)c1cc2c(n(CCCCC#N)c1=O)CCCCCC2. The standard InChI is InChI=1S/C26H31N3O4/c1-18-11-10-14-23(33-19(2)30)24(18)28-25(31)21-17-20-12-6-3-4-7-13-22(20)29(26(21)32)16-9-5-8-15-27/h10-11,14,17H,3-9,12-13,16H2,1-2H3,(H,28,31). The second-order valence-electron chi connectivity index (χ2n) is 8.51. The molecule has 1 aromatic carbocycles. The summed E-state index contributed by atoms with van der Waals surface area (Å²) in [5.41, 5.74) is 2.95. The minimum absolute atomic E-state index is 0.0895. The van der Waals surface area contributed by atoms with E-state index in [0.717, 1.165) is 55.3 Å². The highest BCUT2D eigenvalue weighted by Gasteiger charge is 2.22. The summed E-state index contributed by atoms with van der Waals surface area (Å²) in [7, 11) is 0. The second kappa shape index (κ2) is 11.5. The van der Waals surface area contributed by atoms with Gasteiger partial charge in [-0.05, 0) is 68.7 Å². The van der Waals surface area contributed by atoms with Gasteiger partial charge in [-0.25, -0.2) is 0 Å². The van der Waals surface area contributed by atoms with Gasteiger partial charge < -0.3 is 14.6 Å². The molecule has 1 aromatic heterocycles. The first-order chi connectivity index (χ1) is 15.9. The van der Waals surface area contributed by atoms with Crippen LogP contribution in [0, 0.1) is 18.3 Å². The van der Waals surface area contributed by atoms with Crippen LogP contribution < -0.4 is 15.6 Å². The lowest BCUT2D eigenvalue weighted by Gasteiger charge is -2.21. The number of aryl methyl sites for hydroxylation is 2. The summed E-state index contributed by atoms with van der Waals surface area (Å²) >= 11 is 0. The number of rotatable bonds is 7. The zero-order chi connectivity index (χ0) is 23.8. The number of nitriles is 1. The second-order valence-corrected chi connectivity index (χ2v) is 8.51. The van der Waals surface area contributed by atoms with E-state index >= 15 is 0 Å². The van der Waals surface area contributed by atoms with Gasteiger partial charge in [0.05, 0.1) is 11.8 Å². The third-order valence-electron chi connectivity index (χ3n) is 5.99. The summed E-state index contributed by atoms with van der Waals surface area (Å²) < 4.78 is 7.00. The van der Waals surface area contributed by atoms with Gasteiger partial charge in [0.25, 0.3) is 11.5 Å². The Morgan fingerprint density at radius 1 is 1.15 bits per heavy atom. The molecule has 2 aromatic rings. The van der Waals surface area contributed by atoms with Crippen molar-refractivity contribution in [2.45, 2.75) is 78.2 Å². The molecule has 7 heteroatoms. The average molecular weight is 450 g/mol. The summed E-state index contributed by atoms with van der Waals surface area (Å²) in [5.74, 6) is -0.755. The highest BCUT2D eigenvalue weighted by atomic mass is 16.5. The lowest BCUT2D eigenvalue weighted by Crippen LogP contribution is -2.33. The van der Waals surface area contributed by atoms with Gasteiger partial charge in [-0.15, -0.1) is 0 Å². The number of unbranched alkanes of at least 4 members (excludes halogenated alkanes) is 2. The molecule has 1 heterocycles. The Morgan fingerprint density at radius 2 is 1.91 bits per heavy atom. The van der Waals surface area contributed by atoms with Crippen LogP contribution in [0.2, 0.25) is 0 Å². The Hall–Kier alpha value is -3.40. The van der Waals surface area contributed by atoms with Crippen molar-refractivity contribution in [1.82, 2.24) is 4.57 Å². The number of nitrogens with one attached hydrogen (secondary N) is 1. The fourth-order valence-electron chi connectivity index (χ4n) is 4.33. The molecule has 0 fully saturated rings. The Balaban J connectivity index is 1.99. The van der Waals surface area contributed by atoms with E-state index in [1.165, 1.54) is 6.92 Å². The quantitative estimate of drug-likeness (QED) is 0.375. The van der Waals surface area contributed by atoms with Crippen LogP contribution in [0.25, 0.3) is 0 Å². The van der Waals surface area contributed by atoms with Crippen molar-refractivity contribution < 1.29 is 14.3 Å². The predicted molar refractivity (Wildman–Crippen MR) is 126 cm³/mol. The molecule has 3 rings (SSSR count). The summed E-state index contributed by atoms with van der Waals surface area (Å²) in [4.78, 5) is 38.2. The average Bonchev–Trinajstić information content (AvgIpc) is 2.75. The highest BCUT2D eigenvalue weighted by molar-refractivity contribution is 6.05. The number of nitrogens with zero attached hydrogens (tertiary/aromatic N) is 2. The van der Waals surface area contributed by atoms with E-state index < -0.39 is 11.9 Å². The van der Waals surface area contributed by atoms with E-state index in [0.29, 0.717) is 31.5 Å². The first-order valence-electron chi connectivity index (χ1n) is 11.6. The molecule has 7 nitrogen and oxygen atoms in total. The molecule has 1 N–H and O–H groups in total. The molecule has 174 valence electrons. The number of hydrogen-bond acceptors (Lipinski definition) is 5. The number of anilines is 1. The van der Waals surface area contributed by atoms with Gasteiger partial charge in [0.15, 0.2) is 5.75 Å². The van der Waals surface area contributed by atoms with Crippen LogP contribution in [-0.2, 0) is 24.2 Å². The molecular weight excluding hydrogens is 418 g/mol. The molecule has 0 radical (unpaired) electrons. The third-order valence-corrected chi connectivity index (χ3v) is 5.99. The number of pyridine rings is 1. The van der Waals surface area contributed by atoms with Crippen molar-refractivity contribution in [3.8, 4) is 11.8 Å². The van der Waals surface area contributed by atoms with Crippen LogP contribution in [-0.4, -0.2) is 16.4 Å². The number of esters is 1. The van der Waals surface area contributed by atoms with E-state index in [1.54, 1.807) is 35.8 Å². The number of hydrogen-bond donors (Lipinski definition) is 1. The van der Waals surface area contributed by atoms with E-state index in [9.17, 15) is 14.4 Å². The van der Waals surface area contributed by atoms with E-state index in [4.69, 9.17) is 10.00 Å². The minimum atomic E-state index is -0.515. The Morgan fingerprint density at radius 3 is 2.64 bits per heavy atom. The van der Waals surface area contributed by atoms with E-state index in [1.807, 2.05) is 0 Å². The summed E-state index contributed by atoms with van der Waals surface area (Å²) in [6.45, 7) is 3.59. The van der Waals surface area contributed by atoms with Crippen molar-refractivity contribution >= 4 is 17.6 Å². The minimum Gasteiger partial charge on any atom is -0.424 e. The molecule has 1 aliphatic rings. The maximum atomic E-state index is 13.4. The van der Waals surface area contributed by atoms with Gasteiger partial charge >= 0.3 is 5.97 Å². The monoisotopic (exact) mass is 449 g/mol. The number of amides is 1. The number of para-hydroxylation sites is 1. The predicted octanol–water partition coefficient (Wildman–Crippen LogP) is 4.69. The number of benzene rings is 1. The fraction of sp³-hybridized carbons (Fsp3) is 0.462. The molecule has 0 bridgehead atoms. The number of carbonyl (C=O) groups excluding carboxylic acids is 2. The van der Waals surface area contributed by atoms with Gasteiger partial charge in [0, 0.05) is 25.6 Å². The van der Waals surface area contributed by atoms with Crippen molar-refractivity contribution in [2.24, 2.45) is 0 Å². The topological polar surface area (TPSA) is 101 Å². The van der Waals surface area contributed by atoms with Crippen molar-refractivity contribution in [3.63, 3.8) is 0 Å². The van der Waals surface area contributed by atoms with E-state index in [-0.39, 0.29) is 16.9 Å². The van der Waals surface area contributed by atoms with Crippen molar-refractivity contribution in [3.05, 3.63) is 57.0 Å². The lowest BCUT2D eigenvalue weighted by atomic mass is 9.95. The zero-order valence-electron chi connectivity index (χ0n) is 19.4. The smallest absolute Gasteiger partial charge is 0.308 e. The lowest BCUT2D eigenvalue weighted by molar-refractivity contribution is -0.131. The van der Waals surface area contributed by atoms with Crippen molar-refractivity contribution in [1.29, 1.82) is 5.26 Å². The van der Waals surface area contributed by atoms with Crippen LogP contribution in [0.1, 0.15) is 79.0 Å². The fourth-order valence-corrected chi connectivity index (χ4v) is 4.33. The van der Waals surface area contributed by atoms with Crippen molar-refractivity contribution in [2.75, 3.05) is 5.32 Å². The molecule has 33 heavy (non-hydrogen) atoms. The summed E-state index contributed by atoms with van der Waals surface area (Å²) in [5, 5.41) is 11.6. The maximum Gasteiger partial charge on any atom is 0.308 e. The molecule has 0 unspecified atom stereocenters. The molecule has 0 spiro atoms. The normalized spacial score (nSPS) is 13.2. The van der Waals surface area contributed by atoms with Crippen LogP contribution in [0.15, 0.2) is 29.1 Å². The van der Waals surface area contributed by atoms with E-state index in [2.05, 4.69) is 11.4 Å². The van der Waals surface area contributed by atoms with Crippen LogP contribution in [0.5, 0.6) is 5.75 Å². The molecule has 0 aliphatic heterocycles. The molecule has 1 amide bonds. The van der Waals surface area contributed by atoms with Gasteiger partial charge in [-0.3, -0.25) is 14.4 Å². The Labute approximate surface area is 194 Å². The number of carbonyl (C=O) groups is 2. The molecule has 0 saturated carbocycles. The van der Waals surface area contributed by atoms with Gasteiger partial charge in [-0.1, -0.05) is 25.0 Å². The van der Waals surface area contributed by atoms with Crippen LogP contribution in [0.4, 0.5) is 5.69 Å². The maximum absolute atomic E-state index is 13.4. The molecule has 1 aliphatic carbocycles. The summed E-state index contributed by atoms with van der Waals surface area (Å²) in [6.07, 6.45) is 7.83.